The molecule has 0 heterocycles. The SMILES string of the molecule is CC(C)[C@H]1CC[C@@H](C)C[C@H]1OC(=O)COC(=O)c1ccc(I)cc1. The molecule has 24 heavy (non-hydrogen) atoms. The van der Waals surface area contributed by atoms with E-state index in [2.05, 4.69) is 43.4 Å². The van der Waals surface area contributed by atoms with Gasteiger partial charge in [0.05, 0.1) is 5.56 Å². The molecular weight excluding hydrogens is 419 g/mol. The minimum atomic E-state index is -0.499. The van der Waals surface area contributed by atoms with E-state index >= 15 is 0 Å². The summed E-state index contributed by atoms with van der Waals surface area (Å²) >= 11 is 2.16. The summed E-state index contributed by atoms with van der Waals surface area (Å²) < 4.78 is 11.7. The Morgan fingerprint density at radius 2 is 1.88 bits per heavy atom. The highest BCUT2D eigenvalue weighted by Gasteiger charge is 2.33. The van der Waals surface area contributed by atoms with Gasteiger partial charge in [-0.3, -0.25) is 0 Å². The molecule has 1 aromatic rings. The van der Waals surface area contributed by atoms with Gasteiger partial charge in [-0.25, -0.2) is 9.59 Å². The Kier molecular flexibility index (Phi) is 7.07. The fourth-order valence-corrected chi connectivity index (χ4v) is 3.61. The lowest BCUT2D eigenvalue weighted by Gasteiger charge is -2.36. The molecule has 1 aliphatic carbocycles. The normalized spacial score (nSPS) is 23.8. The summed E-state index contributed by atoms with van der Waals surface area (Å²) in [6.07, 6.45) is 3.08. The largest absolute Gasteiger partial charge is 0.460 e. The number of carbonyl (C=O) groups is 2. The molecule has 1 fully saturated rings. The first-order valence-electron chi connectivity index (χ1n) is 8.49. The third-order valence-corrected chi connectivity index (χ3v) is 5.36. The molecule has 1 aromatic carbocycles. The molecule has 0 bridgehead atoms. The maximum absolute atomic E-state index is 12.1. The van der Waals surface area contributed by atoms with Gasteiger partial charge in [0.1, 0.15) is 6.10 Å². The second kappa shape index (κ2) is 8.83. The van der Waals surface area contributed by atoms with Gasteiger partial charge in [0.2, 0.25) is 0 Å². The first-order chi connectivity index (χ1) is 11.4. The van der Waals surface area contributed by atoms with E-state index in [-0.39, 0.29) is 12.7 Å². The van der Waals surface area contributed by atoms with Gasteiger partial charge in [-0.05, 0) is 77.5 Å². The van der Waals surface area contributed by atoms with Crippen LogP contribution in [0, 0.1) is 21.3 Å². The smallest absolute Gasteiger partial charge is 0.344 e. The van der Waals surface area contributed by atoms with Crippen LogP contribution >= 0.6 is 22.6 Å². The van der Waals surface area contributed by atoms with Gasteiger partial charge in [0.25, 0.3) is 0 Å². The van der Waals surface area contributed by atoms with E-state index in [9.17, 15) is 9.59 Å². The summed E-state index contributed by atoms with van der Waals surface area (Å²) in [6.45, 7) is 6.19. The minimum Gasteiger partial charge on any atom is -0.460 e. The van der Waals surface area contributed by atoms with Crippen LogP contribution in [0.4, 0.5) is 0 Å². The lowest BCUT2D eigenvalue weighted by Crippen LogP contribution is -2.36. The van der Waals surface area contributed by atoms with Gasteiger partial charge >= 0.3 is 11.9 Å². The van der Waals surface area contributed by atoms with Crippen LogP contribution in [-0.4, -0.2) is 24.6 Å². The van der Waals surface area contributed by atoms with Gasteiger partial charge in [-0.2, -0.15) is 0 Å². The average Bonchev–Trinajstić information content (AvgIpc) is 2.53. The van der Waals surface area contributed by atoms with Crippen molar-refractivity contribution in [1.82, 2.24) is 0 Å². The highest BCUT2D eigenvalue weighted by atomic mass is 127. The monoisotopic (exact) mass is 444 g/mol. The van der Waals surface area contributed by atoms with Crippen LogP contribution in [0.1, 0.15) is 50.4 Å². The molecule has 132 valence electrons. The van der Waals surface area contributed by atoms with Crippen LogP contribution in [0.25, 0.3) is 0 Å². The lowest BCUT2D eigenvalue weighted by molar-refractivity contribution is -0.159. The fourth-order valence-electron chi connectivity index (χ4n) is 3.25. The zero-order valence-electron chi connectivity index (χ0n) is 14.5. The number of hydrogen-bond acceptors (Lipinski definition) is 4. The summed E-state index contributed by atoms with van der Waals surface area (Å²) in [5.41, 5.74) is 0.439. The molecule has 2 rings (SSSR count). The van der Waals surface area contributed by atoms with Gasteiger partial charge in [-0.15, -0.1) is 0 Å². The van der Waals surface area contributed by atoms with E-state index in [1.54, 1.807) is 12.1 Å². The van der Waals surface area contributed by atoms with Crippen molar-refractivity contribution in [3.8, 4) is 0 Å². The highest BCUT2D eigenvalue weighted by Crippen LogP contribution is 2.35. The van der Waals surface area contributed by atoms with E-state index in [0.717, 1.165) is 16.4 Å². The molecule has 5 heteroatoms. The van der Waals surface area contributed by atoms with E-state index in [1.165, 1.54) is 6.42 Å². The minimum absolute atomic E-state index is 0.0711. The molecule has 1 aliphatic rings. The second-order valence-electron chi connectivity index (χ2n) is 6.94. The topological polar surface area (TPSA) is 52.6 Å². The van der Waals surface area contributed by atoms with E-state index < -0.39 is 11.9 Å². The van der Waals surface area contributed by atoms with Crippen molar-refractivity contribution in [3.05, 3.63) is 33.4 Å². The Balaban J connectivity index is 1.85. The van der Waals surface area contributed by atoms with Crippen molar-refractivity contribution < 1.29 is 19.1 Å². The Bertz CT molecular complexity index is 567. The number of halogens is 1. The summed E-state index contributed by atoms with van der Waals surface area (Å²) in [6, 6.07) is 7.03. The maximum Gasteiger partial charge on any atom is 0.344 e. The Labute approximate surface area is 157 Å². The first-order valence-corrected chi connectivity index (χ1v) is 9.57. The summed E-state index contributed by atoms with van der Waals surface area (Å²) in [7, 11) is 0. The Hall–Kier alpha value is -1.11. The average molecular weight is 444 g/mol. The van der Waals surface area contributed by atoms with Gasteiger partial charge in [0.15, 0.2) is 6.61 Å². The van der Waals surface area contributed by atoms with Crippen LogP contribution in [0.15, 0.2) is 24.3 Å². The molecule has 0 unspecified atom stereocenters. The quantitative estimate of drug-likeness (QED) is 0.498. The van der Waals surface area contributed by atoms with Gasteiger partial charge in [-0.1, -0.05) is 27.2 Å². The number of carbonyl (C=O) groups excluding carboxylic acids is 2. The number of benzene rings is 1. The second-order valence-corrected chi connectivity index (χ2v) is 8.18. The molecule has 0 N–H and O–H groups in total. The van der Waals surface area contributed by atoms with E-state index in [1.807, 2.05) is 12.1 Å². The zero-order valence-corrected chi connectivity index (χ0v) is 16.6. The van der Waals surface area contributed by atoms with Crippen LogP contribution < -0.4 is 0 Å². The molecule has 3 atom stereocenters. The predicted molar refractivity (Wildman–Crippen MR) is 101 cm³/mol. The van der Waals surface area contributed by atoms with Gasteiger partial charge < -0.3 is 9.47 Å². The molecule has 0 amide bonds. The summed E-state index contributed by atoms with van der Waals surface area (Å²) in [5, 5.41) is 0. The standard InChI is InChI=1S/C19H25IO4/c1-12(2)16-9-4-13(3)10-17(16)24-18(21)11-23-19(22)14-5-7-15(20)8-6-14/h5-8,12-13,16-17H,4,9-11H2,1-3H3/t13-,16-,17-/m1/s1. The number of rotatable bonds is 5. The predicted octanol–water partition coefficient (Wildman–Crippen LogP) is 4.45. The molecule has 0 aliphatic heterocycles. The molecule has 4 nitrogen and oxygen atoms in total. The van der Waals surface area contributed by atoms with Crippen LogP contribution in [0.2, 0.25) is 0 Å². The van der Waals surface area contributed by atoms with Crippen molar-refractivity contribution >= 4 is 34.5 Å². The number of hydrogen-bond donors (Lipinski definition) is 0. The third kappa shape index (κ3) is 5.46. The van der Waals surface area contributed by atoms with Crippen molar-refractivity contribution in [2.24, 2.45) is 17.8 Å². The first kappa shape index (κ1) is 19.2. The maximum atomic E-state index is 12.1. The lowest BCUT2D eigenvalue weighted by atomic mass is 9.75. The van der Waals surface area contributed by atoms with Crippen LogP contribution in [-0.2, 0) is 14.3 Å². The van der Waals surface area contributed by atoms with Crippen molar-refractivity contribution in [1.29, 1.82) is 0 Å². The molecular formula is C19H25IO4. The number of ether oxygens (including phenoxy) is 2. The fraction of sp³-hybridized carbons (Fsp3) is 0.579. The molecule has 0 radical (unpaired) electrons. The number of esters is 2. The Morgan fingerprint density at radius 3 is 2.50 bits per heavy atom. The molecule has 0 aromatic heterocycles. The van der Waals surface area contributed by atoms with Crippen molar-refractivity contribution in [2.75, 3.05) is 6.61 Å². The third-order valence-electron chi connectivity index (χ3n) is 4.65. The molecule has 0 spiro atoms. The van der Waals surface area contributed by atoms with Crippen molar-refractivity contribution in [3.63, 3.8) is 0 Å². The molecule has 1 saturated carbocycles. The molecule has 0 saturated heterocycles. The van der Waals surface area contributed by atoms with E-state index in [0.29, 0.717) is 23.3 Å². The van der Waals surface area contributed by atoms with Crippen LogP contribution in [0.5, 0.6) is 0 Å². The van der Waals surface area contributed by atoms with Gasteiger partial charge in [0, 0.05) is 3.57 Å². The van der Waals surface area contributed by atoms with Crippen molar-refractivity contribution in [2.45, 2.75) is 46.1 Å². The highest BCUT2D eigenvalue weighted by molar-refractivity contribution is 14.1. The van der Waals surface area contributed by atoms with E-state index in [4.69, 9.17) is 9.47 Å². The Morgan fingerprint density at radius 1 is 1.21 bits per heavy atom. The summed E-state index contributed by atoms with van der Waals surface area (Å²) in [4.78, 5) is 24.0. The zero-order chi connectivity index (χ0) is 17.7. The summed E-state index contributed by atoms with van der Waals surface area (Å²) in [5.74, 6) is 0.466. The van der Waals surface area contributed by atoms with Crippen LogP contribution in [0.3, 0.4) is 0 Å².